The Balaban J connectivity index is 1.47. The van der Waals surface area contributed by atoms with Gasteiger partial charge in [0.15, 0.2) is 0 Å². The number of nitrogens with zero attached hydrogens (tertiary/aromatic N) is 7. The molecule has 0 bridgehead atoms. The zero-order valence-electron chi connectivity index (χ0n) is 55.6. The molecule has 4 fully saturated rings. The first-order valence-electron chi connectivity index (χ1n) is 32.7. The molecule has 91 heavy (non-hydrogen) atoms. The van der Waals surface area contributed by atoms with E-state index in [9.17, 15) is 61.1 Å². The average Bonchev–Trinajstić information content (AvgIpc) is 1.92. The van der Waals surface area contributed by atoms with Gasteiger partial charge in [0.1, 0.15) is 36.3 Å². The molecule has 0 unspecified atom stereocenters. The second kappa shape index (κ2) is 34.4. The Morgan fingerprint density at radius 2 is 1.29 bits per heavy atom. The molecule has 22 nitrogen and oxygen atoms in total. The molecule has 510 valence electrons. The Hall–Kier alpha value is -6.53. The first-order chi connectivity index (χ1) is 42.7. The van der Waals surface area contributed by atoms with Crippen LogP contribution in [0.15, 0.2) is 18.2 Å². The predicted molar refractivity (Wildman–Crippen MR) is 337 cm³/mol. The summed E-state index contributed by atoms with van der Waals surface area (Å²) in [5, 5.41) is 10.9. The second-order valence-corrected chi connectivity index (χ2v) is 27.0. The maximum atomic E-state index is 15.1. The van der Waals surface area contributed by atoms with Crippen LogP contribution in [0.5, 0.6) is 0 Å². The number of aryl methyl sites for hydroxylation is 1. The minimum Gasteiger partial charge on any atom is -0.354 e. The Bertz CT molecular complexity index is 2740. The third-order valence-corrected chi connectivity index (χ3v) is 18.7. The number of nitrogens with one attached hydrogen (secondary N) is 4. The quantitative estimate of drug-likeness (QED) is 0.213. The molecule has 8 atom stereocenters. The topological polar surface area (TPSA) is 259 Å². The SMILES string of the molecule is CC[C@H](C)[C@@H]1NC(=O)[C@H](CC(C)C)N(C)C(=O)C[C@@H](C)NC(=O)[C@H](C(C)C)N(C)C(=O)CCCCNC(=O)[C@@H]2CCCN2C(=O)[C@H](CCc2ccc(C(F)(F)F)c(Cl)c2)NC(=O)CN(C2CC2)C(=O)[C@H](CC2CCCCC2)N(C)C(=O)CN(C)C(=O)CN(C)C1=O. The first-order valence-corrected chi connectivity index (χ1v) is 33.0. The number of hydrogen-bond acceptors (Lipinski definition) is 11. The van der Waals surface area contributed by atoms with Gasteiger partial charge in [0, 0.05) is 73.3 Å². The number of fused-ring (bicyclic) bond motifs is 1. The molecule has 11 amide bonds. The van der Waals surface area contributed by atoms with Crippen LogP contribution in [0.25, 0.3) is 0 Å². The fourth-order valence-corrected chi connectivity index (χ4v) is 12.8. The van der Waals surface area contributed by atoms with Crippen molar-refractivity contribution in [1.29, 1.82) is 0 Å². The molecule has 2 aliphatic heterocycles. The van der Waals surface area contributed by atoms with E-state index in [0.29, 0.717) is 44.1 Å². The molecule has 0 radical (unpaired) electrons. The standard InChI is InChI=1S/C65H101ClF3N11O11/c1-13-41(6)57-64(91)75(9)37-55(84)74(8)38-56(85)77(11)51(35-43-20-15-14-16-21-43)63(90)80(45-26-27-45)36-52(81)72-48(29-25-44-24-28-46(47(66)34-44)65(67,68)69)62(89)79-31-19-22-49(79)59(86)70-30-18-17-23-53(82)78(12)58(40(4)5)61(88)71-42(7)33-54(83)76(10)50(32-39(2)3)60(87)73-57/h24,28,34,39-43,45,48-51,57-58H,13-23,25-27,29-33,35-38H2,1-12H3,(H,70,86)(H,71,88)(H,72,81)(H,73,87)/t41-,42+,48-,49-,50-,51-,57-,58-/m0/s1. The van der Waals surface area contributed by atoms with Gasteiger partial charge in [0.05, 0.1) is 30.2 Å². The van der Waals surface area contributed by atoms with Crippen LogP contribution in [0, 0.1) is 23.7 Å². The second-order valence-electron chi connectivity index (χ2n) is 26.6. The maximum absolute atomic E-state index is 15.1. The lowest BCUT2D eigenvalue weighted by atomic mass is 9.84. The maximum Gasteiger partial charge on any atom is 0.417 e. The summed E-state index contributed by atoms with van der Waals surface area (Å²) in [4.78, 5) is 166. The molecule has 0 spiro atoms. The smallest absolute Gasteiger partial charge is 0.354 e. The van der Waals surface area contributed by atoms with Gasteiger partial charge in [-0.1, -0.05) is 97.7 Å². The van der Waals surface area contributed by atoms with Gasteiger partial charge in [-0.3, -0.25) is 52.7 Å². The summed E-state index contributed by atoms with van der Waals surface area (Å²) < 4.78 is 41.2. The van der Waals surface area contributed by atoms with Crippen LogP contribution in [0.1, 0.15) is 169 Å². The molecular formula is C65H101ClF3N11O11. The number of likely N-dealkylation sites (N-methyl/N-ethyl adjacent to an activating group) is 5. The van der Waals surface area contributed by atoms with Crippen LogP contribution in [0.2, 0.25) is 5.02 Å². The van der Waals surface area contributed by atoms with Gasteiger partial charge in [-0.25, -0.2) is 0 Å². The molecule has 26 heteroatoms. The lowest BCUT2D eigenvalue weighted by Crippen LogP contribution is -2.58. The van der Waals surface area contributed by atoms with Crippen molar-refractivity contribution in [3.05, 3.63) is 34.3 Å². The zero-order valence-corrected chi connectivity index (χ0v) is 56.3. The van der Waals surface area contributed by atoms with Gasteiger partial charge in [0.25, 0.3) is 0 Å². The van der Waals surface area contributed by atoms with E-state index in [0.717, 1.165) is 49.1 Å². The van der Waals surface area contributed by atoms with Crippen LogP contribution in [0.4, 0.5) is 13.2 Å². The molecule has 1 aromatic rings. The Kier molecular flexibility index (Phi) is 28.4. The number of amides is 11. The van der Waals surface area contributed by atoms with E-state index >= 15 is 4.79 Å². The fourth-order valence-electron chi connectivity index (χ4n) is 12.5. The lowest BCUT2D eigenvalue weighted by Gasteiger charge is -2.36. The minimum atomic E-state index is -4.72. The highest BCUT2D eigenvalue weighted by Crippen LogP contribution is 2.36. The number of rotatable bonds is 11. The van der Waals surface area contributed by atoms with E-state index in [4.69, 9.17) is 11.6 Å². The van der Waals surface area contributed by atoms with Crippen LogP contribution in [-0.2, 0) is 65.3 Å². The summed E-state index contributed by atoms with van der Waals surface area (Å²) in [6.45, 7) is 11.4. The first kappa shape index (κ1) is 75.2. The summed E-state index contributed by atoms with van der Waals surface area (Å²) in [6.07, 6.45) is 2.87. The number of carbonyl (C=O) groups excluding carboxylic acids is 11. The van der Waals surface area contributed by atoms with Crippen molar-refractivity contribution in [3.63, 3.8) is 0 Å². The van der Waals surface area contributed by atoms with Gasteiger partial charge in [-0.2, -0.15) is 13.2 Å². The van der Waals surface area contributed by atoms with Crippen LogP contribution < -0.4 is 21.3 Å². The highest BCUT2D eigenvalue weighted by Gasteiger charge is 2.44. The van der Waals surface area contributed by atoms with Crippen molar-refractivity contribution in [2.24, 2.45) is 23.7 Å². The molecule has 2 saturated carbocycles. The van der Waals surface area contributed by atoms with Crippen LogP contribution in [0.3, 0.4) is 0 Å². The normalized spacial score (nSPS) is 26.1. The summed E-state index contributed by atoms with van der Waals surface area (Å²) in [6, 6.07) is -4.31. The van der Waals surface area contributed by atoms with E-state index in [2.05, 4.69) is 21.3 Å². The Labute approximate surface area is 540 Å². The van der Waals surface area contributed by atoms with Gasteiger partial charge < -0.3 is 55.6 Å². The van der Waals surface area contributed by atoms with Crippen molar-refractivity contribution in [2.75, 3.05) is 68.0 Å². The summed E-state index contributed by atoms with van der Waals surface area (Å²) >= 11 is 6.10. The monoisotopic (exact) mass is 1300 g/mol. The Morgan fingerprint density at radius 1 is 0.637 bits per heavy atom. The van der Waals surface area contributed by atoms with E-state index in [-0.39, 0.29) is 87.7 Å². The number of carbonyl (C=O) groups is 11. The van der Waals surface area contributed by atoms with Crippen molar-refractivity contribution < 1.29 is 65.9 Å². The molecule has 1 aromatic carbocycles. The van der Waals surface area contributed by atoms with Crippen molar-refractivity contribution in [2.45, 2.75) is 219 Å². The molecule has 0 aromatic heterocycles. The third kappa shape index (κ3) is 21.5. The van der Waals surface area contributed by atoms with Crippen molar-refractivity contribution >= 4 is 76.6 Å². The van der Waals surface area contributed by atoms with Gasteiger partial charge in [-0.05, 0) is 112 Å². The average molecular weight is 1310 g/mol. The summed E-state index contributed by atoms with van der Waals surface area (Å²) in [7, 11) is 7.30. The molecule has 5 rings (SSSR count). The highest BCUT2D eigenvalue weighted by molar-refractivity contribution is 6.31. The largest absolute Gasteiger partial charge is 0.417 e. The van der Waals surface area contributed by atoms with Gasteiger partial charge in [-0.15, -0.1) is 0 Å². The Morgan fingerprint density at radius 3 is 1.89 bits per heavy atom. The fraction of sp³-hybridized carbons (Fsp3) is 0.738. The lowest BCUT2D eigenvalue weighted by molar-refractivity contribution is -0.149. The molecule has 4 aliphatic rings. The highest BCUT2D eigenvalue weighted by atomic mass is 35.5. The van der Waals surface area contributed by atoms with Gasteiger partial charge in [0.2, 0.25) is 65.0 Å². The van der Waals surface area contributed by atoms with Crippen molar-refractivity contribution in [1.82, 2.24) is 55.6 Å². The van der Waals surface area contributed by atoms with Crippen molar-refractivity contribution in [3.8, 4) is 0 Å². The summed E-state index contributed by atoms with van der Waals surface area (Å²) in [5.41, 5.74) is -0.700. The van der Waals surface area contributed by atoms with Crippen LogP contribution >= 0.6 is 11.6 Å². The number of benzene rings is 1. The molecular weight excluding hydrogens is 1200 g/mol. The molecule has 2 heterocycles. The molecule has 2 aliphatic carbocycles. The van der Waals surface area contributed by atoms with E-state index < -0.39 is 144 Å². The summed E-state index contributed by atoms with van der Waals surface area (Å²) in [5.74, 6) is -6.80. The van der Waals surface area contributed by atoms with E-state index in [1.807, 2.05) is 20.8 Å². The molecule has 2 saturated heterocycles. The minimum absolute atomic E-state index is 0.0192. The van der Waals surface area contributed by atoms with Gasteiger partial charge >= 0.3 is 6.18 Å². The predicted octanol–water partition coefficient (Wildman–Crippen LogP) is 5.55. The third-order valence-electron chi connectivity index (χ3n) is 18.4. The van der Waals surface area contributed by atoms with Crippen LogP contribution in [-0.4, -0.2) is 216 Å². The molecule has 4 N–H and O–H groups in total. The number of hydrogen-bond donors (Lipinski definition) is 4. The number of alkyl halides is 3. The van der Waals surface area contributed by atoms with E-state index in [1.54, 1.807) is 27.7 Å². The zero-order chi connectivity index (χ0) is 67.8. The van der Waals surface area contributed by atoms with E-state index in [1.165, 1.54) is 70.7 Å². The number of halogens is 4.